The minimum atomic E-state index is 0.538. The minimum Gasteiger partial charge on any atom is -0.454 e. The largest absolute Gasteiger partial charge is 0.454 e. The highest BCUT2D eigenvalue weighted by atomic mass is 16.4. The van der Waals surface area contributed by atoms with Crippen LogP contribution in [0.2, 0.25) is 0 Å². The summed E-state index contributed by atoms with van der Waals surface area (Å²) >= 11 is 0. The molecule has 0 spiro atoms. The Morgan fingerprint density at radius 1 is 0.360 bits per heavy atom. The standard InChI is InChI=1S/C43H25N5O2/c1-3-10-27(11-4-1)40-46-41(28-12-5-2-6-13-28)48-42(47-40)34-24-25-44-37-30(15-9-16-32(34)37)26-18-20-29(21-19-26)43-45-38-36(50-43)23-22-33-31-14-7-8-17-35(31)49-39(33)38/h1-25H. The van der Waals surface area contributed by atoms with E-state index in [1.165, 1.54) is 0 Å². The Kier molecular flexibility index (Phi) is 6.35. The van der Waals surface area contributed by atoms with Crippen molar-refractivity contribution in [1.29, 1.82) is 0 Å². The zero-order chi connectivity index (χ0) is 33.0. The fourth-order valence-corrected chi connectivity index (χ4v) is 6.62. The summed E-state index contributed by atoms with van der Waals surface area (Å²) in [6, 6.07) is 48.4. The van der Waals surface area contributed by atoms with Crippen LogP contribution in [0.15, 0.2) is 161 Å². The first-order valence-corrected chi connectivity index (χ1v) is 16.3. The van der Waals surface area contributed by atoms with E-state index in [4.69, 9.17) is 33.8 Å². The second-order valence-corrected chi connectivity index (χ2v) is 12.1. The fraction of sp³-hybridized carbons (Fsp3) is 0. The number of hydrogen-bond donors (Lipinski definition) is 0. The lowest BCUT2D eigenvalue weighted by molar-refractivity contribution is 0.620. The Morgan fingerprint density at radius 2 is 1.02 bits per heavy atom. The number of nitrogens with zero attached hydrogens (tertiary/aromatic N) is 5. The summed E-state index contributed by atoms with van der Waals surface area (Å²) in [7, 11) is 0. The van der Waals surface area contributed by atoms with Crippen molar-refractivity contribution in [1.82, 2.24) is 24.9 Å². The van der Waals surface area contributed by atoms with Crippen molar-refractivity contribution in [2.75, 3.05) is 0 Å². The second kappa shape index (κ2) is 11.3. The molecule has 0 saturated heterocycles. The molecule has 0 amide bonds. The van der Waals surface area contributed by atoms with Gasteiger partial charge < -0.3 is 8.83 Å². The molecule has 0 fully saturated rings. The van der Waals surface area contributed by atoms with Crippen LogP contribution >= 0.6 is 0 Å². The van der Waals surface area contributed by atoms with Crippen molar-refractivity contribution in [3.8, 4) is 56.7 Å². The zero-order valence-electron chi connectivity index (χ0n) is 26.5. The van der Waals surface area contributed by atoms with E-state index in [9.17, 15) is 0 Å². The van der Waals surface area contributed by atoms with Crippen molar-refractivity contribution in [3.63, 3.8) is 0 Å². The molecule has 234 valence electrons. The molecule has 0 bridgehead atoms. The van der Waals surface area contributed by atoms with E-state index < -0.39 is 0 Å². The maximum atomic E-state index is 6.22. The number of rotatable bonds is 5. The van der Waals surface area contributed by atoms with Gasteiger partial charge in [-0.1, -0.05) is 109 Å². The Balaban J connectivity index is 1.05. The van der Waals surface area contributed by atoms with Gasteiger partial charge in [0.1, 0.15) is 5.58 Å². The van der Waals surface area contributed by atoms with E-state index >= 15 is 0 Å². The predicted octanol–water partition coefficient (Wildman–Crippen LogP) is 10.8. The van der Waals surface area contributed by atoms with Gasteiger partial charge in [-0.3, -0.25) is 4.98 Å². The van der Waals surface area contributed by atoms with Gasteiger partial charge in [-0.25, -0.2) is 19.9 Å². The summed E-state index contributed by atoms with van der Waals surface area (Å²) in [4.78, 5) is 24.5. The number of furan rings is 1. The molecule has 0 aliphatic carbocycles. The molecule has 0 unspecified atom stereocenters. The summed E-state index contributed by atoms with van der Waals surface area (Å²) in [5, 5.41) is 3.04. The molecule has 0 atom stereocenters. The quantitative estimate of drug-likeness (QED) is 0.184. The summed E-state index contributed by atoms with van der Waals surface area (Å²) in [5.41, 5.74) is 9.44. The first-order valence-electron chi connectivity index (χ1n) is 16.3. The van der Waals surface area contributed by atoms with Gasteiger partial charge in [0.2, 0.25) is 5.89 Å². The molecule has 10 rings (SSSR count). The number of para-hydroxylation sites is 2. The Labute approximate surface area is 285 Å². The third-order valence-corrected chi connectivity index (χ3v) is 9.06. The minimum absolute atomic E-state index is 0.538. The summed E-state index contributed by atoms with van der Waals surface area (Å²) < 4.78 is 12.4. The van der Waals surface area contributed by atoms with E-state index in [1.807, 2.05) is 121 Å². The molecule has 7 heteroatoms. The molecule has 0 saturated carbocycles. The van der Waals surface area contributed by atoms with Gasteiger partial charge >= 0.3 is 0 Å². The lowest BCUT2D eigenvalue weighted by Crippen LogP contribution is -2.01. The first-order chi connectivity index (χ1) is 24.8. The molecule has 50 heavy (non-hydrogen) atoms. The van der Waals surface area contributed by atoms with Crippen LogP contribution in [0, 0.1) is 0 Å². The van der Waals surface area contributed by atoms with Gasteiger partial charge in [0.25, 0.3) is 0 Å². The van der Waals surface area contributed by atoms with E-state index in [-0.39, 0.29) is 0 Å². The van der Waals surface area contributed by atoms with Gasteiger partial charge in [-0.05, 0) is 42.0 Å². The van der Waals surface area contributed by atoms with Crippen molar-refractivity contribution >= 4 is 43.9 Å². The van der Waals surface area contributed by atoms with Crippen molar-refractivity contribution in [3.05, 3.63) is 152 Å². The lowest BCUT2D eigenvalue weighted by atomic mass is 9.98. The first kappa shape index (κ1) is 28.1. The number of benzene rings is 6. The van der Waals surface area contributed by atoms with Crippen molar-refractivity contribution < 1.29 is 8.83 Å². The van der Waals surface area contributed by atoms with Gasteiger partial charge in [-0.15, -0.1) is 0 Å². The third kappa shape index (κ3) is 4.64. The highest BCUT2D eigenvalue weighted by Gasteiger charge is 2.18. The van der Waals surface area contributed by atoms with Crippen molar-refractivity contribution in [2.45, 2.75) is 0 Å². The topological polar surface area (TPSA) is 90.7 Å². The number of oxazole rings is 1. The molecular weight excluding hydrogens is 619 g/mol. The molecule has 0 aliphatic heterocycles. The SMILES string of the molecule is c1ccc(-c2nc(-c3ccccc3)nc(-c3ccnc4c(-c5ccc(-c6nc7c(ccc8c9ccccc9oc87)o6)cc5)cccc34)n2)cc1. The molecule has 6 aromatic carbocycles. The zero-order valence-corrected chi connectivity index (χ0v) is 26.5. The Bertz CT molecular complexity index is 2800. The third-order valence-electron chi connectivity index (χ3n) is 9.06. The highest BCUT2D eigenvalue weighted by Crippen LogP contribution is 2.37. The molecule has 0 N–H and O–H groups in total. The van der Waals surface area contributed by atoms with Crippen LogP contribution in [0.5, 0.6) is 0 Å². The van der Waals surface area contributed by atoms with Crippen LogP contribution in [-0.4, -0.2) is 24.9 Å². The molecular formula is C43H25N5O2. The van der Waals surface area contributed by atoms with E-state index in [1.54, 1.807) is 0 Å². The smallest absolute Gasteiger partial charge is 0.227 e. The summed E-state index contributed by atoms with van der Waals surface area (Å²) in [6.07, 6.45) is 1.82. The van der Waals surface area contributed by atoms with Crippen LogP contribution in [-0.2, 0) is 0 Å². The molecule has 10 aromatic rings. The van der Waals surface area contributed by atoms with Crippen molar-refractivity contribution in [2.24, 2.45) is 0 Å². The summed E-state index contributed by atoms with van der Waals surface area (Å²) in [5.74, 6) is 2.36. The van der Waals surface area contributed by atoms with Gasteiger partial charge in [0.05, 0.1) is 5.52 Å². The van der Waals surface area contributed by atoms with Gasteiger partial charge in [-0.2, -0.15) is 0 Å². The fourth-order valence-electron chi connectivity index (χ4n) is 6.62. The lowest BCUT2D eigenvalue weighted by Gasteiger charge is -2.12. The average molecular weight is 644 g/mol. The van der Waals surface area contributed by atoms with Gasteiger partial charge in [0.15, 0.2) is 34.2 Å². The highest BCUT2D eigenvalue weighted by molar-refractivity contribution is 6.13. The molecule has 4 heterocycles. The van der Waals surface area contributed by atoms with Crippen LogP contribution in [0.3, 0.4) is 0 Å². The Hall–Kier alpha value is -6.99. The molecule has 0 aliphatic rings. The maximum absolute atomic E-state index is 6.22. The van der Waals surface area contributed by atoms with Crippen LogP contribution < -0.4 is 0 Å². The second-order valence-electron chi connectivity index (χ2n) is 12.1. The maximum Gasteiger partial charge on any atom is 0.227 e. The monoisotopic (exact) mass is 643 g/mol. The van der Waals surface area contributed by atoms with Crippen LogP contribution in [0.25, 0.3) is 101 Å². The molecule has 0 radical (unpaired) electrons. The average Bonchev–Trinajstić information content (AvgIpc) is 3.80. The van der Waals surface area contributed by atoms with E-state index in [0.717, 1.165) is 66.2 Å². The van der Waals surface area contributed by atoms with E-state index in [2.05, 4.69) is 30.3 Å². The summed E-state index contributed by atoms with van der Waals surface area (Å²) in [6.45, 7) is 0. The predicted molar refractivity (Wildman–Crippen MR) is 197 cm³/mol. The number of pyridine rings is 1. The number of hydrogen-bond acceptors (Lipinski definition) is 7. The van der Waals surface area contributed by atoms with Gasteiger partial charge in [0, 0.05) is 50.2 Å². The molecule has 7 nitrogen and oxygen atoms in total. The van der Waals surface area contributed by atoms with E-state index in [0.29, 0.717) is 34.5 Å². The van der Waals surface area contributed by atoms with Crippen LogP contribution in [0.4, 0.5) is 0 Å². The number of fused-ring (bicyclic) bond motifs is 6. The normalized spacial score (nSPS) is 11.6. The van der Waals surface area contributed by atoms with Crippen LogP contribution in [0.1, 0.15) is 0 Å². The Morgan fingerprint density at radius 3 is 1.78 bits per heavy atom. The molecule has 4 aromatic heterocycles. The number of aromatic nitrogens is 5.